The molecule has 0 bridgehead atoms. The Balaban J connectivity index is 3.08. The van der Waals surface area contributed by atoms with Crippen LogP contribution in [0.4, 0.5) is 0 Å². The number of ether oxygens (including phenoxy) is 2. The minimum atomic E-state index is -2.19. The lowest BCUT2D eigenvalue weighted by molar-refractivity contribution is -0.385. The third-order valence-corrected chi connectivity index (χ3v) is 2.65. The Bertz CT molecular complexity index is 329. The second-order valence-electron chi connectivity index (χ2n) is 3.85. The number of hydrogen-bond acceptors (Lipinski definition) is 4. The summed E-state index contributed by atoms with van der Waals surface area (Å²) in [7, 11) is 0. The third kappa shape index (κ3) is 2.84. The zero-order chi connectivity index (χ0) is 12.9. The number of rotatable bonds is 6. The van der Waals surface area contributed by atoms with Gasteiger partial charge in [-0.15, -0.1) is 0 Å². The SMILES string of the molecule is CCOC(C)(OCC)C(O)(O)c1ccccc1. The molecule has 96 valence electrons. The van der Waals surface area contributed by atoms with E-state index < -0.39 is 11.6 Å². The van der Waals surface area contributed by atoms with Crippen LogP contribution in [0.3, 0.4) is 0 Å². The van der Waals surface area contributed by atoms with Crippen molar-refractivity contribution in [1.82, 2.24) is 0 Å². The number of hydrogen-bond donors (Lipinski definition) is 2. The number of benzene rings is 1. The van der Waals surface area contributed by atoms with Gasteiger partial charge in [0.2, 0.25) is 11.6 Å². The second kappa shape index (κ2) is 5.60. The molecule has 2 N–H and O–H groups in total. The summed E-state index contributed by atoms with van der Waals surface area (Å²) in [6.45, 7) is 5.72. The molecule has 1 aromatic rings. The van der Waals surface area contributed by atoms with Crippen LogP contribution in [0, 0.1) is 0 Å². The summed E-state index contributed by atoms with van der Waals surface area (Å²) >= 11 is 0. The maximum Gasteiger partial charge on any atom is 0.245 e. The van der Waals surface area contributed by atoms with Crippen molar-refractivity contribution in [2.45, 2.75) is 32.3 Å². The highest BCUT2D eigenvalue weighted by molar-refractivity contribution is 5.21. The fourth-order valence-electron chi connectivity index (χ4n) is 1.73. The molecular formula is C13H20O4. The van der Waals surface area contributed by atoms with Gasteiger partial charge < -0.3 is 19.7 Å². The van der Waals surface area contributed by atoms with Crippen LogP contribution in [0.5, 0.6) is 0 Å². The topological polar surface area (TPSA) is 58.9 Å². The van der Waals surface area contributed by atoms with Gasteiger partial charge >= 0.3 is 0 Å². The van der Waals surface area contributed by atoms with Crippen LogP contribution >= 0.6 is 0 Å². The van der Waals surface area contributed by atoms with E-state index in [1.807, 2.05) is 0 Å². The van der Waals surface area contributed by atoms with Gasteiger partial charge in [-0.2, -0.15) is 0 Å². The normalized spacial score (nSPS) is 12.8. The van der Waals surface area contributed by atoms with E-state index in [9.17, 15) is 10.2 Å². The van der Waals surface area contributed by atoms with Gasteiger partial charge in [-0.25, -0.2) is 0 Å². The van der Waals surface area contributed by atoms with Crippen LogP contribution in [0.25, 0.3) is 0 Å². The van der Waals surface area contributed by atoms with Gasteiger partial charge in [0.1, 0.15) is 0 Å². The van der Waals surface area contributed by atoms with Crippen LogP contribution in [0.15, 0.2) is 30.3 Å². The molecule has 4 nitrogen and oxygen atoms in total. The first-order chi connectivity index (χ1) is 7.98. The first-order valence-electron chi connectivity index (χ1n) is 5.76. The van der Waals surface area contributed by atoms with Crippen molar-refractivity contribution in [2.75, 3.05) is 13.2 Å². The summed E-state index contributed by atoms with van der Waals surface area (Å²) in [6.07, 6.45) is 0. The monoisotopic (exact) mass is 240 g/mol. The molecule has 0 aliphatic heterocycles. The molecule has 0 heterocycles. The van der Waals surface area contributed by atoms with Crippen molar-refractivity contribution in [2.24, 2.45) is 0 Å². The summed E-state index contributed by atoms with van der Waals surface area (Å²) in [4.78, 5) is 0. The maximum atomic E-state index is 10.3. The van der Waals surface area contributed by atoms with Crippen LogP contribution in [0.1, 0.15) is 26.3 Å². The largest absolute Gasteiger partial charge is 0.358 e. The average molecular weight is 240 g/mol. The van der Waals surface area contributed by atoms with Crippen molar-refractivity contribution >= 4 is 0 Å². The smallest absolute Gasteiger partial charge is 0.245 e. The maximum absolute atomic E-state index is 10.3. The molecule has 0 saturated carbocycles. The highest BCUT2D eigenvalue weighted by atomic mass is 16.7. The summed E-state index contributed by atoms with van der Waals surface area (Å²) in [5, 5.41) is 20.5. The molecule has 4 heteroatoms. The van der Waals surface area contributed by atoms with E-state index >= 15 is 0 Å². The molecule has 0 radical (unpaired) electrons. The van der Waals surface area contributed by atoms with Gasteiger partial charge in [-0.3, -0.25) is 0 Å². The first kappa shape index (κ1) is 14.1. The van der Waals surface area contributed by atoms with Crippen LogP contribution in [-0.4, -0.2) is 29.2 Å². The fraction of sp³-hybridized carbons (Fsp3) is 0.538. The van der Waals surface area contributed by atoms with Gasteiger partial charge in [0, 0.05) is 18.8 Å². The van der Waals surface area contributed by atoms with E-state index in [4.69, 9.17) is 9.47 Å². The lowest BCUT2D eigenvalue weighted by Crippen LogP contribution is -2.53. The van der Waals surface area contributed by atoms with Crippen molar-refractivity contribution in [3.05, 3.63) is 35.9 Å². The molecule has 1 aromatic carbocycles. The second-order valence-corrected chi connectivity index (χ2v) is 3.85. The van der Waals surface area contributed by atoms with E-state index in [0.29, 0.717) is 18.8 Å². The molecule has 0 aliphatic carbocycles. The Kier molecular flexibility index (Phi) is 4.65. The van der Waals surface area contributed by atoms with Crippen LogP contribution in [-0.2, 0) is 15.3 Å². The van der Waals surface area contributed by atoms with E-state index in [1.54, 1.807) is 44.2 Å². The van der Waals surface area contributed by atoms with Crippen molar-refractivity contribution in [1.29, 1.82) is 0 Å². The quantitative estimate of drug-likeness (QED) is 0.742. The number of aliphatic hydroxyl groups is 2. The van der Waals surface area contributed by atoms with Crippen molar-refractivity contribution in [3.8, 4) is 0 Å². The summed E-state index contributed by atoms with van der Waals surface area (Å²) < 4.78 is 10.7. The third-order valence-electron chi connectivity index (χ3n) is 2.65. The highest BCUT2D eigenvalue weighted by Gasteiger charge is 2.49. The zero-order valence-electron chi connectivity index (χ0n) is 10.5. The van der Waals surface area contributed by atoms with Gasteiger partial charge in [0.05, 0.1) is 0 Å². The molecule has 0 aliphatic rings. The predicted molar refractivity (Wildman–Crippen MR) is 64.2 cm³/mol. The Hall–Kier alpha value is -0.940. The first-order valence-corrected chi connectivity index (χ1v) is 5.76. The summed E-state index contributed by atoms with van der Waals surface area (Å²) in [5.74, 6) is -3.68. The Morgan fingerprint density at radius 3 is 1.88 bits per heavy atom. The van der Waals surface area contributed by atoms with Gasteiger partial charge in [-0.1, -0.05) is 30.3 Å². The molecule has 0 unspecified atom stereocenters. The summed E-state index contributed by atoms with van der Waals surface area (Å²) in [6, 6.07) is 8.51. The molecule has 0 spiro atoms. The Morgan fingerprint density at radius 1 is 1.00 bits per heavy atom. The van der Waals surface area contributed by atoms with Crippen molar-refractivity contribution < 1.29 is 19.7 Å². The minimum Gasteiger partial charge on any atom is -0.358 e. The predicted octanol–water partition coefficient (Wildman–Crippen LogP) is 1.61. The molecule has 17 heavy (non-hydrogen) atoms. The van der Waals surface area contributed by atoms with E-state index in [2.05, 4.69) is 0 Å². The molecular weight excluding hydrogens is 220 g/mol. The molecule has 0 amide bonds. The van der Waals surface area contributed by atoms with Gasteiger partial charge in [0.15, 0.2) is 0 Å². The van der Waals surface area contributed by atoms with Crippen molar-refractivity contribution in [3.63, 3.8) is 0 Å². The molecule has 1 rings (SSSR count). The molecule has 0 fully saturated rings. The molecule has 0 saturated heterocycles. The van der Waals surface area contributed by atoms with E-state index in [1.165, 1.54) is 6.92 Å². The van der Waals surface area contributed by atoms with Crippen LogP contribution < -0.4 is 0 Å². The molecule has 0 aromatic heterocycles. The fourth-order valence-corrected chi connectivity index (χ4v) is 1.73. The minimum absolute atomic E-state index is 0.326. The summed E-state index contributed by atoms with van der Waals surface area (Å²) in [5.41, 5.74) is 0.337. The lowest BCUT2D eigenvalue weighted by Gasteiger charge is -2.40. The average Bonchev–Trinajstić information content (AvgIpc) is 2.30. The molecule has 0 atom stereocenters. The Morgan fingerprint density at radius 2 is 1.47 bits per heavy atom. The van der Waals surface area contributed by atoms with Gasteiger partial charge in [-0.05, 0) is 20.8 Å². The zero-order valence-corrected chi connectivity index (χ0v) is 10.5. The van der Waals surface area contributed by atoms with E-state index in [-0.39, 0.29) is 0 Å². The highest BCUT2D eigenvalue weighted by Crippen LogP contribution is 2.34. The standard InChI is InChI=1S/C13H20O4/c1-4-16-12(3,17-5-2)13(14,15)11-9-7-6-8-10-11/h6-10,14-15H,4-5H2,1-3H3. The van der Waals surface area contributed by atoms with E-state index in [0.717, 1.165) is 0 Å². The van der Waals surface area contributed by atoms with Gasteiger partial charge in [0.25, 0.3) is 0 Å². The van der Waals surface area contributed by atoms with Crippen LogP contribution in [0.2, 0.25) is 0 Å². The lowest BCUT2D eigenvalue weighted by atomic mass is 9.98. The Labute approximate surface area is 102 Å².